The summed E-state index contributed by atoms with van der Waals surface area (Å²) in [4.78, 5) is 0.147. The van der Waals surface area contributed by atoms with Gasteiger partial charge in [-0.15, -0.1) is 0 Å². The van der Waals surface area contributed by atoms with E-state index in [1.54, 1.807) is 19.1 Å². The third-order valence-corrected chi connectivity index (χ3v) is 4.19. The van der Waals surface area contributed by atoms with Gasteiger partial charge in [-0.1, -0.05) is 30.3 Å². The summed E-state index contributed by atoms with van der Waals surface area (Å²) in [5, 5.41) is 0. The fourth-order valence-corrected chi connectivity index (χ4v) is 2.76. The summed E-state index contributed by atoms with van der Waals surface area (Å²) in [6.07, 6.45) is 0. The van der Waals surface area contributed by atoms with Crippen LogP contribution in [0, 0.1) is 0 Å². The second kappa shape index (κ2) is 5.88. The molecule has 0 fully saturated rings. The summed E-state index contributed by atoms with van der Waals surface area (Å²) in [7, 11) is -2.17. The van der Waals surface area contributed by atoms with Crippen LogP contribution in [0.15, 0.2) is 63.9 Å². The van der Waals surface area contributed by atoms with E-state index in [2.05, 4.69) is 4.40 Å². The molecule has 4 nitrogen and oxygen atoms in total. The van der Waals surface area contributed by atoms with E-state index in [4.69, 9.17) is 4.74 Å². The van der Waals surface area contributed by atoms with E-state index in [-0.39, 0.29) is 4.90 Å². The summed E-state index contributed by atoms with van der Waals surface area (Å²) in [5.41, 5.74) is 1.24. The van der Waals surface area contributed by atoms with E-state index in [9.17, 15) is 8.42 Å². The molecular formula is C15H15NO3S. The largest absolute Gasteiger partial charge is 0.497 e. The molecule has 2 aromatic carbocycles. The van der Waals surface area contributed by atoms with Gasteiger partial charge in [-0.3, -0.25) is 0 Å². The molecular weight excluding hydrogens is 274 g/mol. The molecule has 0 unspecified atom stereocenters. The lowest BCUT2D eigenvalue weighted by atomic mass is 10.1. The molecule has 0 saturated heterocycles. The SMILES string of the molecule is COc1ccc(S(=O)(=O)/N=C(\C)c2ccccc2)cc1. The standard InChI is InChI=1S/C15H15NO3S/c1-12(13-6-4-3-5-7-13)16-20(17,18)15-10-8-14(19-2)9-11-15/h3-11H,1-2H3/b16-12+. The maximum absolute atomic E-state index is 12.2. The zero-order valence-electron chi connectivity index (χ0n) is 11.3. The van der Waals surface area contributed by atoms with Crippen LogP contribution in [0.1, 0.15) is 12.5 Å². The Morgan fingerprint density at radius 2 is 1.60 bits per heavy atom. The van der Waals surface area contributed by atoms with Crippen LogP contribution in [-0.2, 0) is 10.0 Å². The van der Waals surface area contributed by atoms with Crippen LogP contribution in [0.2, 0.25) is 0 Å². The van der Waals surface area contributed by atoms with Crippen molar-refractivity contribution in [3.63, 3.8) is 0 Å². The summed E-state index contributed by atoms with van der Waals surface area (Å²) in [5.74, 6) is 0.604. The molecule has 0 aromatic heterocycles. The molecule has 0 radical (unpaired) electrons. The molecule has 0 amide bonds. The van der Waals surface area contributed by atoms with Crippen LogP contribution in [0.4, 0.5) is 0 Å². The Morgan fingerprint density at radius 3 is 2.15 bits per heavy atom. The van der Waals surface area contributed by atoms with Crippen molar-refractivity contribution in [1.82, 2.24) is 0 Å². The Kier molecular flexibility index (Phi) is 4.20. The van der Waals surface area contributed by atoms with Crippen LogP contribution in [-0.4, -0.2) is 21.2 Å². The molecule has 20 heavy (non-hydrogen) atoms. The van der Waals surface area contributed by atoms with Gasteiger partial charge in [-0.25, -0.2) is 0 Å². The molecule has 5 heteroatoms. The van der Waals surface area contributed by atoms with Gasteiger partial charge in [-0.05, 0) is 36.8 Å². The van der Waals surface area contributed by atoms with Crippen LogP contribution in [0.5, 0.6) is 5.75 Å². The van der Waals surface area contributed by atoms with Crippen LogP contribution < -0.4 is 4.74 Å². The van der Waals surface area contributed by atoms with E-state index in [1.807, 2.05) is 30.3 Å². The average molecular weight is 289 g/mol. The zero-order valence-corrected chi connectivity index (χ0v) is 12.1. The van der Waals surface area contributed by atoms with Gasteiger partial charge in [0.15, 0.2) is 0 Å². The number of methoxy groups -OCH3 is 1. The van der Waals surface area contributed by atoms with Gasteiger partial charge in [0.05, 0.1) is 17.7 Å². The third kappa shape index (κ3) is 3.24. The molecule has 0 bridgehead atoms. The Labute approximate surface area is 118 Å². The predicted molar refractivity (Wildman–Crippen MR) is 78.8 cm³/mol. The fraction of sp³-hybridized carbons (Fsp3) is 0.133. The van der Waals surface area contributed by atoms with Crippen molar-refractivity contribution >= 4 is 15.7 Å². The first kappa shape index (κ1) is 14.3. The highest BCUT2D eigenvalue weighted by atomic mass is 32.2. The average Bonchev–Trinajstić information content (AvgIpc) is 2.48. The van der Waals surface area contributed by atoms with Gasteiger partial charge >= 0.3 is 0 Å². The van der Waals surface area contributed by atoms with Crippen LogP contribution in [0.3, 0.4) is 0 Å². The number of hydrogen-bond acceptors (Lipinski definition) is 3. The third-order valence-electron chi connectivity index (χ3n) is 2.81. The summed E-state index contributed by atoms with van der Waals surface area (Å²) in [6, 6.07) is 15.4. The summed E-state index contributed by atoms with van der Waals surface area (Å²) < 4.78 is 33.2. The first-order valence-corrected chi connectivity index (χ1v) is 7.48. The van der Waals surface area contributed by atoms with Gasteiger partial charge in [0.2, 0.25) is 0 Å². The maximum Gasteiger partial charge on any atom is 0.282 e. The highest BCUT2D eigenvalue weighted by Crippen LogP contribution is 2.18. The smallest absolute Gasteiger partial charge is 0.282 e. The minimum atomic E-state index is -3.70. The van der Waals surface area contributed by atoms with Crippen molar-refractivity contribution in [3.8, 4) is 5.75 Å². The number of ether oxygens (including phenoxy) is 1. The molecule has 0 aliphatic heterocycles. The molecule has 2 rings (SSSR count). The zero-order chi connectivity index (χ0) is 14.6. The number of rotatable bonds is 4. The van der Waals surface area contributed by atoms with Crippen molar-refractivity contribution < 1.29 is 13.2 Å². The minimum Gasteiger partial charge on any atom is -0.497 e. The van der Waals surface area contributed by atoms with Gasteiger partial charge < -0.3 is 4.74 Å². The predicted octanol–water partition coefficient (Wildman–Crippen LogP) is 2.89. The van der Waals surface area contributed by atoms with E-state index < -0.39 is 10.0 Å². The van der Waals surface area contributed by atoms with Crippen molar-refractivity contribution in [3.05, 3.63) is 60.2 Å². The normalized spacial score (nSPS) is 12.2. The minimum absolute atomic E-state index is 0.147. The molecule has 0 spiro atoms. The second-order valence-corrected chi connectivity index (χ2v) is 5.80. The highest BCUT2D eigenvalue weighted by Gasteiger charge is 2.13. The molecule has 2 aromatic rings. The topological polar surface area (TPSA) is 55.7 Å². The Morgan fingerprint density at radius 1 is 1.00 bits per heavy atom. The molecule has 104 valence electrons. The van der Waals surface area contributed by atoms with E-state index in [0.29, 0.717) is 11.5 Å². The first-order chi connectivity index (χ1) is 9.53. The van der Waals surface area contributed by atoms with E-state index in [0.717, 1.165) is 5.56 Å². The molecule has 0 aliphatic rings. The van der Waals surface area contributed by atoms with E-state index >= 15 is 0 Å². The quantitative estimate of drug-likeness (QED) is 0.813. The fourth-order valence-electron chi connectivity index (χ4n) is 1.71. The second-order valence-electron chi connectivity index (χ2n) is 4.19. The lowest BCUT2D eigenvalue weighted by Crippen LogP contribution is -2.03. The van der Waals surface area contributed by atoms with Crippen molar-refractivity contribution in [1.29, 1.82) is 0 Å². The number of benzene rings is 2. The van der Waals surface area contributed by atoms with Gasteiger partial charge in [0.25, 0.3) is 10.0 Å². The number of hydrogen-bond donors (Lipinski definition) is 0. The van der Waals surface area contributed by atoms with Gasteiger partial charge in [0.1, 0.15) is 5.75 Å². The van der Waals surface area contributed by atoms with Crippen LogP contribution >= 0.6 is 0 Å². The molecule has 0 heterocycles. The lowest BCUT2D eigenvalue weighted by Gasteiger charge is -2.04. The molecule has 0 aliphatic carbocycles. The van der Waals surface area contributed by atoms with Crippen LogP contribution in [0.25, 0.3) is 0 Å². The Balaban J connectivity index is 2.35. The first-order valence-electron chi connectivity index (χ1n) is 6.04. The van der Waals surface area contributed by atoms with Gasteiger partial charge in [-0.2, -0.15) is 12.8 Å². The lowest BCUT2D eigenvalue weighted by molar-refractivity contribution is 0.414. The van der Waals surface area contributed by atoms with Crippen molar-refractivity contribution in [2.24, 2.45) is 4.40 Å². The number of sulfonamides is 1. The summed E-state index contributed by atoms with van der Waals surface area (Å²) >= 11 is 0. The summed E-state index contributed by atoms with van der Waals surface area (Å²) in [6.45, 7) is 1.68. The number of nitrogens with zero attached hydrogens (tertiary/aromatic N) is 1. The molecule has 0 N–H and O–H groups in total. The Hall–Kier alpha value is -2.14. The highest BCUT2D eigenvalue weighted by molar-refractivity contribution is 7.90. The van der Waals surface area contributed by atoms with Crippen molar-refractivity contribution in [2.45, 2.75) is 11.8 Å². The monoisotopic (exact) mass is 289 g/mol. The van der Waals surface area contributed by atoms with E-state index in [1.165, 1.54) is 19.2 Å². The molecule has 0 saturated carbocycles. The van der Waals surface area contributed by atoms with Gasteiger partial charge in [0, 0.05) is 0 Å². The maximum atomic E-state index is 12.2. The van der Waals surface area contributed by atoms with Crippen molar-refractivity contribution in [2.75, 3.05) is 7.11 Å². The molecule has 0 atom stereocenters. The Bertz CT molecular complexity index is 705.